The fourth-order valence-electron chi connectivity index (χ4n) is 3.46. The highest BCUT2D eigenvalue weighted by molar-refractivity contribution is 6.04. The first-order chi connectivity index (χ1) is 13.7. The van der Waals surface area contributed by atoms with E-state index in [2.05, 4.69) is 39.2 Å². The van der Waals surface area contributed by atoms with Gasteiger partial charge in [-0.2, -0.15) is 0 Å². The number of aromatic nitrogens is 3. The molecule has 6 heteroatoms. The van der Waals surface area contributed by atoms with Gasteiger partial charge in [0.2, 0.25) is 0 Å². The van der Waals surface area contributed by atoms with Gasteiger partial charge in [-0.05, 0) is 30.7 Å². The van der Waals surface area contributed by atoms with Crippen LogP contribution < -0.4 is 9.47 Å². The third-order valence-corrected chi connectivity index (χ3v) is 4.90. The van der Waals surface area contributed by atoms with Gasteiger partial charge in [0.15, 0.2) is 5.52 Å². The van der Waals surface area contributed by atoms with Crippen molar-refractivity contribution >= 4 is 21.9 Å². The molecule has 0 amide bonds. The van der Waals surface area contributed by atoms with Crippen molar-refractivity contribution in [1.29, 1.82) is 0 Å². The van der Waals surface area contributed by atoms with Gasteiger partial charge in [0.25, 0.3) is 11.7 Å². The quantitative estimate of drug-likeness (QED) is 0.439. The Morgan fingerprint density at radius 2 is 2.00 bits per heavy atom. The third kappa shape index (κ3) is 4.81. The summed E-state index contributed by atoms with van der Waals surface area (Å²) in [6, 6.07) is 5.79. The number of pyridine rings is 1. The van der Waals surface area contributed by atoms with Gasteiger partial charge in [-0.15, -0.1) is 0 Å². The van der Waals surface area contributed by atoms with Crippen molar-refractivity contribution in [2.75, 3.05) is 13.2 Å². The van der Waals surface area contributed by atoms with Crippen molar-refractivity contribution in [2.45, 2.75) is 61.1 Å². The summed E-state index contributed by atoms with van der Waals surface area (Å²) in [6.45, 7) is 15.5. The standard InChI is InChI=1S/C23H34N3O3/c1-7-28-15-20-24-17-14-26(27)18-9-8-10-19(29-12-11-23(4,5)6)21(18)22(17)25(20)13-16(2)3/h8-10,14,16,27H,7,11-13,15H2,1-6H3/q+1. The number of rotatable bonds is 8. The molecule has 3 aromatic rings. The molecule has 0 aliphatic rings. The average molecular weight is 401 g/mol. The molecule has 29 heavy (non-hydrogen) atoms. The Morgan fingerprint density at radius 1 is 1.24 bits per heavy atom. The molecule has 0 bridgehead atoms. The summed E-state index contributed by atoms with van der Waals surface area (Å²) >= 11 is 0. The minimum atomic E-state index is 0.195. The normalized spacial score (nSPS) is 12.4. The molecule has 0 unspecified atom stereocenters. The van der Waals surface area contributed by atoms with Gasteiger partial charge in [0.1, 0.15) is 23.6 Å². The molecule has 2 heterocycles. The van der Waals surface area contributed by atoms with Gasteiger partial charge in [-0.3, -0.25) is 5.21 Å². The highest BCUT2D eigenvalue weighted by Crippen LogP contribution is 2.33. The molecule has 158 valence electrons. The number of ether oxygens (including phenoxy) is 2. The fraction of sp³-hybridized carbons (Fsp3) is 0.565. The summed E-state index contributed by atoms with van der Waals surface area (Å²) in [5, 5.41) is 11.5. The van der Waals surface area contributed by atoms with Crippen molar-refractivity contribution in [3.63, 3.8) is 0 Å². The molecule has 1 aromatic carbocycles. The van der Waals surface area contributed by atoms with E-state index in [9.17, 15) is 5.21 Å². The van der Waals surface area contributed by atoms with Crippen LogP contribution >= 0.6 is 0 Å². The van der Waals surface area contributed by atoms with Gasteiger partial charge in [-0.1, -0.05) is 40.7 Å². The maximum atomic E-state index is 10.6. The van der Waals surface area contributed by atoms with Crippen LogP contribution in [0.5, 0.6) is 5.75 Å². The second kappa shape index (κ2) is 8.57. The zero-order chi connectivity index (χ0) is 21.2. The Morgan fingerprint density at radius 3 is 2.66 bits per heavy atom. The van der Waals surface area contributed by atoms with Gasteiger partial charge in [0, 0.05) is 23.9 Å². The molecule has 0 saturated carbocycles. The number of fused-ring (bicyclic) bond motifs is 3. The Labute approximate surface area is 173 Å². The van der Waals surface area contributed by atoms with Crippen molar-refractivity contribution in [2.24, 2.45) is 11.3 Å². The van der Waals surface area contributed by atoms with Crippen LogP contribution in [0.15, 0.2) is 24.4 Å². The van der Waals surface area contributed by atoms with E-state index >= 15 is 0 Å². The predicted octanol–water partition coefficient (Wildman–Crippen LogP) is 4.72. The topological polar surface area (TPSA) is 60.4 Å². The van der Waals surface area contributed by atoms with Crippen LogP contribution in [-0.4, -0.2) is 28.0 Å². The maximum absolute atomic E-state index is 10.6. The molecule has 0 aliphatic heterocycles. The zero-order valence-electron chi connectivity index (χ0n) is 18.5. The summed E-state index contributed by atoms with van der Waals surface area (Å²) in [4.78, 5) is 4.78. The van der Waals surface area contributed by atoms with Crippen LogP contribution in [-0.2, 0) is 17.9 Å². The number of hydrogen-bond donors (Lipinski definition) is 1. The van der Waals surface area contributed by atoms with Crippen LogP contribution in [0.3, 0.4) is 0 Å². The van der Waals surface area contributed by atoms with E-state index in [1.54, 1.807) is 6.20 Å². The second-order valence-electron chi connectivity index (χ2n) is 9.19. The van der Waals surface area contributed by atoms with Crippen LogP contribution in [0.1, 0.15) is 53.8 Å². The molecule has 0 radical (unpaired) electrons. The van der Waals surface area contributed by atoms with Crippen molar-refractivity contribution in [3.8, 4) is 5.75 Å². The molecule has 6 nitrogen and oxygen atoms in total. The van der Waals surface area contributed by atoms with Crippen LogP contribution in [0.4, 0.5) is 0 Å². The molecule has 0 atom stereocenters. The van der Waals surface area contributed by atoms with Crippen LogP contribution in [0, 0.1) is 11.3 Å². The van der Waals surface area contributed by atoms with Gasteiger partial charge in [0.05, 0.1) is 12.1 Å². The van der Waals surface area contributed by atoms with E-state index in [1.165, 1.54) is 0 Å². The Kier molecular flexibility index (Phi) is 6.32. The van der Waals surface area contributed by atoms with Gasteiger partial charge < -0.3 is 14.0 Å². The fourth-order valence-corrected chi connectivity index (χ4v) is 3.46. The number of benzene rings is 1. The molecule has 0 fully saturated rings. The number of hydrogen-bond acceptors (Lipinski definition) is 4. The van der Waals surface area contributed by atoms with Gasteiger partial charge in [-0.25, -0.2) is 4.98 Å². The SMILES string of the molecule is CCOCc1nc2c[n+](O)c3cccc(OCCC(C)(C)C)c3c2n1CC(C)C. The molecule has 3 rings (SSSR count). The summed E-state index contributed by atoms with van der Waals surface area (Å²) < 4.78 is 15.2. The summed E-state index contributed by atoms with van der Waals surface area (Å²) in [5.41, 5.74) is 2.63. The lowest BCUT2D eigenvalue weighted by Gasteiger charge is -2.18. The zero-order valence-corrected chi connectivity index (χ0v) is 18.5. The van der Waals surface area contributed by atoms with E-state index in [-0.39, 0.29) is 5.41 Å². The third-order valence-electron chi connectivity index (χ3n) is 4.90. The van der Waals surface area contributed by atoms with Crippen LogP contribution in [0.25, 0.3) is 21.9 Å². The van der Waals surface area contributed by atoms with Gasteiger partial charge >= 0.3 is 0 Å². The number of imidazole rings is 1. The lowest BCUT2D eigenvalue weighted by atomic mass is 9.93. The highest BCUT2D eigenvalue weighted by atomic mass is 16.5. The monoisotopic (exact) mass is 400 g/mol. The van der Waals surface area contributed by atoms with Crippen molar-refractivity contribution < 1.29 is 19.4 Å². The Hall–Kier alpha value is -2.34. The molecular weight excluding hydrogens is 366 g/mol. The second-order valence-corrected chi connectivity index (χ2v) is 9.19. The highest BCUT2D eigenvalue weighted by Gasteiger charge is 2.24. The van der Waals surface area contributed by atoms with Crippen LogP contribution in [0.2, 0.25) is 0 Å². The largest absolute Gasteiger partial charge is 0.493 e. The maximum Gasteiger partial charge on any atom is 0.270 e. The van der Waals surface area contributed by atoms with E-state index in [4.69, 9.17) is 14.5 Å². The molecule has 1 N–H and O–H groups in total. The van der Waals surface area contributed by atoms with Crippen molar-refractivity contribution in [1.82, 2.24) is 9.55 Å². The number of nitrogens with zero attached hydrogens (tertiary/aromatic N) is 3. The first kappa shape index (κ1) is 21.4. The van der Waals surface area contributed by atoms with E-state index < -0.39 is 0 Å². The first-order valence-corrected chi connectivity index (χ1v) is 10.5. The molecule has 0 saturated heterocycles. The Balaban J connectivity index is 2.19. The Bertz CT molecular complexity index is 987. The predicted molar refractivity (Wildman–Crippen MR) is 114 cm³/mol. The minimum absolute atomic E-state index is 0.195. The van der Waals surface area contributed by atoms with E-state index in [0.29, 0.717) is 31.3 Å². The molecular formula is C23H34N3O3+. The lowest BCUT2D eigenvalue weighted by molar-refractivity contribution is -0.883. The summed E-state index contributed by atoms with van der Waals surface area (Å²) in [6.07, 6.45) is 2.61. The summed E-state index contributed by atoms with van der Waals surface area (Å²) in [7, 11) is 0. The average Bonchev–Trinajstić information content (AvgIpc) is 2.95. The van der Waals surface area contributed by atoms with E-state index in [0.717, 1.165) is 45.7 Å². The molecule has 0 spiro atoms. The van der Waals surface area contributed by atoms with Crippen molar-refractivity contribution in [3.05, 3.63) is 30.2 Å². The summed E-state index contributed by atoms with van der Waals surface area (Å²) in [5.74, 6) is 2.08. The molecule has 0 aliphatic carbocycles. The lowest BCUT2D eigenvalue weighted by Crippen LogP contribution is -2.30. The smallest absolute Gasteiger partial charge is 0.270 e. The molecule has 2 aromatic heterocycles. The minimum Gasteiger partial charge on any atom is -0.493 e. The van der Waals surface area contributed by atoms with E-state index in [1.807, 2.05) is 25.1 Å². The first-order valence-electron chi connectivity index (χ1n) is 10.5.